The number of amides is 1. The molecule has 4 rings (SSSR count). The fourth-order valence-electron chi connectivity index (χ4n) is 3.50. The van der Waals surface area contributed by atoms with Crippen LogP contribution in [0.25, 0.3) is 11.3 Å². The smallest absolute Gasteiger partial charge is 0.322 e. The van der Waals surface area contributed by atoms with Crippen LogP contribution < -0.4 is 10.9 Å². The maximum absolute atomic E-state index is 13.1. The number of aromatic hydroxyl groups is 1. The number of carbonyl (C=O) groups is 2. The highest BCUT2D eigenvalue weighted by atomic mass is 32.3. The lowest BCUT2D eigenvalue weighted by Crippen LogP contribution is -2.37. The van der Waals surface area contributed by atoms with E-state index >= 15 is 0 Å². The third-order valence-corrected chi connectivity index (χ3v) is 7.26. The second-order valence-electron chi connectivity index (χ2n) is 7.20. The number of benzene rings is 1. The monoisotopic (exact) mass is 477 g/mol. The van der Waals surface area contributed by atoms with Crippen LogP contribution in [-0.4, -0.2) is 47.3 Å². The summed E-state index contributed by atoms with van der Waals surface area (Å²) in [5.74, 6) is -3.57. The van der Waals surface area contributed by atoms with Crippen molar-refractivity contribution in [3.05, 3.63) is 67.9 Å². The number of aliphatic carboxylic acids is 1. The molecule has 1 aliphatic rings. The van der Waals surface area contributed by atoms with Crippen molar-refractivity contribution in [3.8, 4) is 17.0 Å². The number of pyridine rings is 1. The Labute approximate surface area is 187 Å². The van der Waals surface area contributed by atoms with Crippen LogP contribution in [0.5, 0.6) is 5.75 Å². The quantitative estimate of drug-likeness (QED) is 0.361. The highest BCUT2D eigenvalue weighted by Crippen LogP contribution is 2.54. The Morgan fingerprint density at radius 1 is 1.19 bits per heavy atom. The molecule has 3 heterocycles. The molecule has 1 aromatic carbocycles. The van der Waals surface area contributed by atoms with Gasteiger partial charge in [-0.2, -0.15) is 10.6 Å². The number of carboxylic acid groups (broad SMARTS) is 1. The first-order chi connectivity index (χ1) is 15.2. The minimum Gasteiger partial charge on any atom is -0.506 e. The van der Waals surface area contributed by atoms with Crippen molar-refractivity contribution in [2.45, 2.75) is 18.1 Å². The number of nitrogens with one attached hydrogen (secondary N) is 1. The van der Waals surface area contributed by atoms with Crippen molar-refractivity contribution in [2.75, 3.05) is 6.54 Å². The van der Waals surface area contributed by atoms with Crippen molar-refractivity contribution in [1.29, 1.82) is 0 Å². The zero-order valence-electron chi connectivity index (χ0n) is 16.5. The number of thiazole rings is 1. The summed E-state index contributed by atoms with van der Waals surface area (Å²) in [6.07, 6.45) is 0. The first-order valence-electron chi connectivity index (χ1n) is 9.37. The average Bonchev–Trinajstić information content (AvgIpc) is 3.34. The van der Waals surface area contributed by atoms with Crippen LogP contribution in [0.1, 0.15) is 26.6 Å². The van der Waals surface area contributed by atoms with Crippen molar-refractivity contribution >= 4 is 33.8 Å². The first kappa shape index (κ1) is 22.0. The summed E-state index contributed by atoms with van der Waals surface area (Å²) < 4.78 is 21.6. The molecule has 0 spiro atoms. The molecule has 12 heteroatoms. The van der Waals surface area contributed by atoms with E-state index in [9.17, 15) is 28.6 Å². The fourth-order valence-corrected chi connectivity index (χ4v) is 5.93. The van der Waals surface area contributed by atoms with Crippen LogP contribution in [0.15, 0.2) is 40.5 Å². The van der Waals surface area contributed by atoms with Gasteiger partial charge in [-0.1, -0.05) is 30.3 Å². The largest absolute Gasteiger partial charge is 0.506 e. The molecule has 0 saturated heterocycles. The molecule has 0 aliphatic carbocycles. The minimum absolute atomic E-state index is 0.0479. The highest BCUT2D eigenvalue weighted by molar-refractivity contribution is 8.23. The van der Waals surface area contributed by atoms with E-state index in [2.05, 4.69) is 10.3 Å². The van der Waals surface area contributed by atoms with Crippen molar-refractivity contribution in [1.82, 2.24) is 14.9 Å². The van der Waals surface area contributed by atoms with Crippen molar-refractivity contribution < 1.29 is 28.9 Å². The SMILES string of the molecule is O=C(O)CNC(=O)c1c(O)c2c(n(Cc3nc(-c4ccccc4)cs3)c1=O)CS(O)(O)C2. The Kier molecular flexibility index (Phi) is 5.77. The van der Waals surface area contributed by atoms with E-state index in [0.29, 0.717) is 10.7 Å². The normalized spacial score (nSPS) is 15.2. The summed E-state index contributed by atoms with van der Waals surface area (Å²) >= 11 is 1.30. The van der Waals surface area contributed by atoms with Gasteiger partial charge < -0.3 is 20.1 Å². The summed E-state index contributed by atoms with van der Waals surface area (Å²) in [6.45, 7) is -0.787. The standard InChI is InChI=1S/C20H19N3O7S2/c24-16(25)6-21-19(27)17-18(26)12-9-32(29,30)10-14(12)23(20(17)28)7-15-22-13(8-31-15)11-4-2-1-3-5-11/h1-5,8,26,29-30H,6-7,9-10H2,(H,21,27)(H,24,25). The van der Waals surface area contributed by atoms with Crippen LogP contribution in [-0.2, 0) is 22.8 Å². The van der Waals surface area contributed by atoms with Crippen LogP contribution in [0.4, 0.5) is 0 Å². The lowest BCUT2D eigenvalue weighted by molar-refractivity contribution is -0.135. The molecule has 0 saturated carbocycles. The number of hydrogen-bond donors (Lipinski definition) is 5. The Morgan fingerprint density at radius 3 is 2.59 bits per heavy atom. The number of rotatable bonds is 6. The van der Waals surface area contributed by atoms with E-state index in [0.717, 1.165) is 5.56 Å². The van der Waals surface area contributed by atoms with Crippen LogP contribution in [0.3, 0.4) is 0 Å². The summed E-state index contributed by atoms with van der Waals surface area (Å²) in [7, 11) is -3.13. The van der Waals surface area contributed by atoms with Crippen LogP contribution >= 0.6 is 21.9 Å². The van der Waals surface area contributed by atoms with Gasteiger partial charge in [0.05, 0.1) is 23.7 Å². The molecule has 0 fully saturated rings. The predicted molar refractivity (Wildman–Crippen MR) is 119 cm³/mol. The third kappa shape index (κ3) is 4.25. The van der Waals surface area contributed by atoms with E-state index in [1.807, 2.05) is 35.7 Å². The van der Waals surface area contributed by atoms with Gasteiger partial charge in [0.2, 0.25) is 0 Å². The first-order valence-corrected chi connectivity index (χ1v) is 12.1. The molecule has 0 radical (unpaired) electrons. The van der Waals surface area contributed by atoms with Crippen molar-refractivity contribution in [2.24, 2.45) is 0 Å². The number of nitrogens with zero attached hydrogens (tertiary/aromatic N) is 2. The zero-order chi connectivity index (χ0) is 23.0. The third-order valence-electron chi connectivity index (χ3n) is 4.94. The lowest BCUT2D eigenvalue weighted by atomic mass is 10.1. The van der Waals surface area contributed by atoms with Gasteiger partial charge >= 0.3 is 5.97 Å². The van der Waals surface area contributed by atoms with Crippen LogP contribution in [0, 0.1) is 0 Å². The summed E-state index contributed by atoms with van der Waals surface area (Å²) in [6, 6.07) is 9.41. The number of carbonyl (C=O) groups excluding carboxylic acids is 1. The Morgan fingerprint density at radius 2 is 1.91 bits per heavy atom. The molecule has 3 aromatic rings. The lowest BCUT2D eigenvalue weighted by Gasteiger charge is -2.25. The van der Waals surface area contributed by atoms with Gasteiger partial charge in [-0.15, -0.1) is 11.3 Å². The Balaban J connectivity index is 1.76. The van der Waals surface area contributed by atoms with E-state index in [4.69, 9.17) is 5.11 Å². The summed E-state index contributed by atoms with van der Waals surface area (Å²) in [5, 5.41) is 23.8. The zero-order valence-corrected chi connectivity index (χ0v) is 18.2. The van der Waals surface area contributed by atoms with E-state index in [1.54, 1.807) is 0 Å². The number of carboxylic acids is 1. The fraction of sp³-hybridized carbons (Fsp3) is 0.200. The predicted octanol–water partition coefficient (Wildman–Crippen LogP) is 2.30. The number of fused-ring (bicyclic) bond motifs is 1. The molecule has 0 unspecified atom stereocenters. The van der Waals surface area contributed by atoms with Gasteiger partial charge in [0.25, 0.3) is 11.5 Å². The number of aromatic nitrogens is 2. The maximum atomic E-state index is 13.1. The Hall–Kier alpha value is -3.19. The topological polar surface area (TPSA) is 162 Å². The van der Waals surface area contributed by atoms with Gasteiger partial charge in [-0.05, 0) is 0 Å². The molecular weight excluding hydrogens is 458 g/mol. The maximum Gasteiger partial charge on any atom is 0.322 e. The second-order valence-corrected chi connectivity index (χ2v) is 10.3. The summed E-state index contributed by atoms with van der Waals surface area (Å²) in [4.78, 5) is 40.9. The molecular formula is C20H19N3O7S2. The average molecular weight is 478 g/mol. The molecule has 0 bridgehead atoms. The molecule has 10 nitrogen and oxygen atoms in total. The molecule has 2 aromatic heterocycles. The minimum atomic E-state index is -3.13. The van der Waals surface area contributed by atoms with Crippen molar-refractivity contribution in [3.63, 3.8) is 0 Å². The number of hydrogen-bond acceptors (Lipinski definition) is 8. The highest BCUT2D eigenvalue weighted by Gasteiger charge is 2.35. The summed E-state index contributed by atoms with van der Waals surface area (Å²) in [5.41, 5.74) is 0.405. The van der Waals surface area contributed by atoms with E-state index < -0.39 is 45.9 Å². The molecule has 1 amide bonds. The van der Waals surface area contributed by atoms with Crippen LogP contribution in [0.2, 0.25) is 0 Å². The van der Waals surface area contributed by atoms with Gasteiger partial charge in [0.15, 0.2) is 0 Å². The second kappa shape index (κ2) is 8.39. The van der Waals surface area contributed by atoms with Gasteiger partial charge in [0, 0.05) is 22.2 Å². The van der Waals surface area contributed by atoms with E-state index in [-0.39, 0.29) is 29.3 Å². The molecule has 5 N–H and O–H groups in total. The van der Waals surface area contributed by atoms with Gasteiger partial charge in [-0.3, -0.25) is 23.5 Å². The Bertz CT molecular complexity index is 1270. The van der Waals surface area contributed by atoms with Gasteiger partial charge in [-0.25, -0.2) is 4.98 Å². The van der Waals surface area contributed by atoms with E-state index in [1.165, 1.54) is 15.9 Å². The molecule has 168 valence electrons. The molecule has 32 heavy (non-hydrogen) atoms. The molecule has 1 aliphatic heterocycles. The molecule has 0 atom stereocenters. The van der Waals surface area contributed by atoms with Gasteiger partial charge in [0.1, 0.15) is 22.9 Å².